The van der Waals surface area contributed by atoms with Crippen LogP contribution in [0.3, 0.4) is 0 Å². The van der Waals surface area contributed by atoms with Gasteiger partial charge in [-0.3, -0.25) is 9.59 Å². The molecule has 0 spiro atoms. The van der Waals surface area contributed by atoms with Gasteiger partial charge in [-0.15, -0.1) is 0 Å². The van der Waals surface area contributed by atoms with Crippen LogP contribution in [0, 0.1) is 0 Å². The molecule has 0 aromatic heterocycles. The fourth-order valence-electron chi connectivity index (χ4n) is 2.62. The van der Waals surface area contributed by atoms with Crippen LogP contribution in [0.25, 0.3) is 0 Å². The quantitative estimate of drug-likeness (QED) is 0.778. The van der Waals surface area contributed by atoms with Crippen molar-refractivity contribution in [3.8, 4) is 0 Å². The van der Waals surface area contributed by atoms with Crippen molar-refractivity contribution in [1.82, 2.24) is 10.4 Å². The first-order valence-corrected chi connectivity index (χ1v) is 7.77. The second-order valence-corrected chi connectivity index (χ2v) is 5.61. The Balaban J connectivity index is 1.77. The molecule has 3 N–H and O–H groups in total. The molecule has 0 aliphatic carbocycles. The SMILES string of the molecule is NC(=O)NC(Cc1ccccc1)C(=O)ON1C(=O)c2ccccc2C1=O. The molecule has 1 aliphatic heterocycles. The van der Waals surface area contributed by atoms with Gasteiger partial charge in [-0.2, -0.15) is 0 Å². The number of fused-ring (bicyclic) bond motifs is 1. The zero-order chi connectivity index (χ0) is 18.7. The van der Waals surface area contributed by atoms with Gasteiger partial charge in [0.2, 0.25) is 0 Å². The van der Waals surface area contributed by atoms with E-state index in [4.69, 9.17) is 10.6 Å². The number of imide groups is 1. The van der Waals surface area contributed by atoms with Gasteiger partial charge in [-0.25, -0.2) is 9.59 Å². The Morgan fingerprint density at radius 1 is 0.962 bits per heavy atom. The van der Waals surface area contributed by atoms with Crippen LogP contribution in [0.4, 0.5) is 4.79 Å². The Morgan fingerprint density at radius 3 is 2.04 bits per heavy atom. The predicted molar refractivity (Wildman–Crippen MR) is 89.7 cm³/mol. The van der Waals surface area contributed by atoms with Gasteiger partial charge >= 0.3 is 12.0 Å². The smallest absolute Gasteiger partial charge is 0.352 e. The predicted octanol–water partition coefficient (Wildman–Crippen LogP) is 1.02. The van der Waals surface area contributed by atoms with E-state index in [-0.39, 0.29) is 17.5 Å². The highest BCUT2D eigenvalue weighted by molar-refractivity contribution is 6.20. The lowest BCUT2D eigenvalue weighted by Crippen LogP contribution is -2.48. The highest BCUT2D eigenvalue weighted by atomic mass is 16.7. The van der Waals surface area contributed by atoms with Crippen LogP contribution in [-0.2, 0) is 16.1 Å². The number of rotatable bonds is 5. The summed E-state index contributed by atoms with van der Waals surface area (Å²) in [5, 5.41) is 2.66. The topological polar surface area (TPSA) is 119 Å². The second-order valence-electron chi connectivity index (χ2n) is 5.61. The average molecular weight is 353 g/mol. The first kappa shape index (κ1) is 17.2. The van der Waals surface area contributed by atoms with Crippen LogP contribution in [0.1, 0.15) is 26.3 Å². The second kappa shape index (κ2) is 7.06. The number of nitrogens with one attached hydrogen (secondary N) is 1. The number of hydroxylamine groups is 2. The molecule has 2 aromatic carbocycles. The zero-order valence-electron chi connectivity index (χ0n) is 13.5. The molecular formula is C18H15N3O5. The first-order valence-electron chi connectivity index (χ1n) is 7.77. The minimum atomic E-state index is -1.15. The lowest BCUT2D eigenvalue weighted by Gasteiger charge is -2.19. The fourth-order valence-corrected chi connectivity index (χ4v) is 2.62. The van der Waals surface area contributed by atoms with E-state index >= 15 is 0 Å². The van der Waals surface area contributed by atoms with Crippen molar-refractivity contribution >= 4 is 23.8 Å². The number of nitrogens with zero attached hydrogens (tertiary/aromatic N) is 1. The largest absolute Gasteiger partial charge is 0.355 e. The van der Waals surface area contributed by atoms with Crippen molar-refractivity contribution in [2.75, 3.05) is 0 Å². The monoisotopic (exact) mass is 353 g/mol. The number of hydrogen-bond acceptors (Lipinski definition) is 5. The Bertz CT molecular complexity index is 846. The first-order chi connectivity index (χ1) is 12.5. The summed E-state index contributed by atoms with van der Waals surface area (Å²) in [4.78, 5) is 53.1. The van der Waals surface area contributed by atoms with Crippen LogP contribution in [0.5, 0.6) is 0 Å². The van der Waals surface area contributed by atoms with E-state index in [1.807, 2.05) is 0 Å². The van der Waals surface area contributed by atoms with Gasteiger partial charge in [0, 0.05) is 6.42 Å². The van der Waals surface area contributed by atoms with E-state index in [1.165, 1.54) is 12.1 Å². The summed E-state index contributed by atoms with van der Waals surface area (Å²) in [5.41, 5.74) is 6.14. The number of amides is 4. The fraction of sp³-hybridized carbons (Fsp3) is 0.111. The third-order valence-electron chi connectivity index (χ3n) is 3.82. The molecule has 0 saturated carbocycles. The van der Waals surface area contributed by atoms with Gasteiger partial charge in [-0.05, 0) is 17.7 Å². The van der Waals surface area contributed by atoms with Crippen molar-refractivity contribution in [3.63, 3.8) is 0 Å². The Hall–Kier alpha value is -3.68. The number of carbonyl (C=O) groups is 4. The standard InChI is InChI=1S/C18H15N3O5/c19-18(25)20-14(10-11-6-2-1-3-7-11)17(24)26-21-15(22)12-8-4-5-9-13(12)16(21)23/h1-9,14H,10H2,(H3,19,20,25). The Kier molecular flexibility index (Phi) is 4.66. The number of hydrogen-bond donors (Lipinski definition) is 2. The summed E-state index contributed by atoms with van der Waals surface area (Å²) in [6.45, 7) is 0. The molecule has 1 heterocycles. The molecule has 8 nitrogen and oxygen atoms in total. The molecule has 26 heavy (non-hydrogen) atoms. The number of nitrogens with two attached hydrogens (primary N) is 1. The van der Waals surface area contributed by atoms with E-state index in [0.717, 1.165) is 5.56 Å². The summed E-state index contributed by atoms with van der Waals surface area (Å²) in [7, 11) is 0. The maximum absolute atomic E-state index is 12.4. The van der Waals surface area contributed by atoms with Gasteiger partial charge in [0.15, 0.2) is 0 Å². The molecule has 3 rings (SSSR count). The molecule has 0 fully saturated rings. The van der Waals surface area contributed by atoms with Gasteiger partial charge < -0.3 is 15.9 Å². The summed E-state index contributed by atoms with van der Waals surface area (Å²) in [5.74, 6) is -2.45. The average Bonchev–Trinajstić information content (AvgIpc) is 2.87. The Labute approximate surface area is 148 Å². The summed E-state index contributed by atoms with van der Waals surface area (Å²) in [6.07, 6.45) is 0.0891. The van der Waals surface area contributed by atoms with Gasteiger partial charge in [0.1, 0.15) is 6.04 Å². The highest BCUT2D eigenvalue weighted by Gasteiger charge is 2.39. The van der Waals surface area contributed by atoms with E-state index in [0.29, 0.717) is 5.06 Å². The number of primary amides is 1. The minimum absolute atomic E-state index is 0.0891. The van der Waals surface area contributed by atoms with E-state index in [2.05, 4.69) is 5.32 Å². The van der Waals surface area contributed by atoms with Gasteiger partial charge in [0.25, 0.3) is 11.8 Å². The molecule has 1 unspecified atom stereocenters. The third-order valence-corrected chi connectivity index (χ3v) is 3.82. The third kappa shape index (κ3) is 3.39. The molecule has 0 saturated heterocycles. The highest BCUT2D eigenvalue weighted by Crippen LogP contribution is 2.23. The molecule has 132 valence electrons. The summed E-state index contributed by atoms with van der Waals surface area (Å²) < 4.78 is 0. The van der Waals surface area contributed by atoms with Crippen LogP contribution in [0.15, 0.2) is 54.6 Å². The van der Waals surface area contributed by atoms with Crippen molar-refractivity contribution in [3.05, 3.63) is 71.3 Å². The van der Waals surface area contributed by atoms with Crippen molar-refractivity contribution in [2.45, 2.75) is 12.5 Å². The maximum Gasteiger partial charge on any atom is 0.355 e. The van der Waals surface area contributed by atoms with Crippen molar-refractivity contribution < 1.29 is 24.0 Å². The van der Waals surface area contributed by atoms with Crippen LogP contribution in [-0.4, -0.2) is 34.9 Å². The molecule has 8 heteroatoms. The lowest BCUT2D eigenvalue weighted by atomic mass is 10.1. The maximum atomic E-state index is 12.4. The zero-order valence-corrected chi connectivity index (χ0v) is 13.5. The molecule has 1 atom stereocenters. The van der Waals surface area contributed by atoms with Crippen LogP contribution in [0.2, 0.25) is 0 Å². The molecule has 0 bridgehead atoms. The molecule has 1 aliphatic rings. The van der Waals surface area contributed by atoms with E-state index < -0.39 is 29.9 Å². The van der Waals surface area contributed by atoms with Crippen LogP contribution >= 0.6 is 0 Å². The van der Waals surface area contributed by atoms with Crippen molar-refractivity contribution in [1.29, 1.82) is 0 Å². The normalized spacial score (nSPS) is 13.9. The molecule has 2 aromatic rings. The summed E-state index contributed by atoms with van der Waals surface area (Å²) >= 11 is 0. The number of urea groups is 1. The van der Waals surface area contributed by atoms with Gasteiger partial charge in [-0.1, -0.05) is 47.5 Å². The van der Waals surface area contributed by atoms with Gasteiger partial charge in [0.05, 0.1) is 11.1 Å². The molecule has 0 radical (unpaired) electrons. The number of carbonyl (C=O) groups excluding carboxylic acids is 4. The van der Waals surface area contributed by atoms with E-state index in [1.54, 1.807) is 42.5 Å². The minimum Gasteiger partial charge on any atom is -0.352 e. The van der Waals surface area contributed by atoms with E-state index in [9.17, 15) is 19.2 Å². The molecule has 4 amide bonds. The lowest BCUT2D eigenvalue weighted by molar-refractivity contribution is -0.170. The van der Waals surface area contributed by atoms with Crippen LogP contribution < -0.4 is 11.1 Å². The van der Waals surface area contributed by atoms with Crippen molar-refractivity contribution in [2.24, 2.45) is 5.73 Å². The Morgan fingerprint density at radius 2 is 1.50 bits per heavy atom. The summed E-state index contributed by atoms with van der Waals surface area (Å²) in [6, 6.07) is 12.9. The number of benzene rings is 2. The molecular weight excluding hydrogens is 338 g/mol.